The summed E-state index contributed by atoms with van der Waals surface area (Å²) in [5.74, 6) is -2.06. The molecule has 0 spiro atoms. The summed E-state index contributed by atoms with van der Waals surface area (Å²) in [6, 6.07) is -3.64. The van der Waals surface area contributed by atoms with Gasteiger partial charge in [0.05, 0.1) is 18.1 Å². The zero-order valence-corrected chi connectivity index (χ0v) is 33.4. The molecule has 1 heterocycles. The van der Waals surface area contributed by atoms with E-state index in [9.17, 15) is 32.7 Å². The second-order valence-corrected chi connectivity index (χ2v) is 18.1. The standard InChI is InChI=1S/C36H67N7O7S/c1-11-13-19-27(31(44)33(46)37-21-12-2)38-32(45)30-26(24(3)4)20-22-43(30)34(47)29(25-17-15-14-16-18-25)40-35(48)39-28(36(5,6)7)23-42(10)51(49,50)41(8)9/h12,24-30,34,47H,2,11,13-23H2,1,3-10H3,(H,37,46)(H,38,45)(H2,39,40,48)/t26-,27?,28-,29+,30+,34?/m1/s1. The van der Waals surface area contributed by atoms with Gasteiger partial charge < -0.3 is 26.4 Å². The van der Waals surface area contributed by atoms with E-state index in [4.69, 9.17) is 0 Å². The summed E-state index contributed by atoms with van der Waals surface area (Å²) in [6.07, 6.45) is 7.12. The molecule has 0 aromatic rings. The van der Waals surface area contributed by atoms with E-state index in [-0.39, 0.29) is 30.8 Å². The molecular formula is C36H67N7O7S. The van der Waals surface area contributed by atoms with Gasteiger partial charge in [0.25, 0.3) is 16.1 Å². The minimum Gasteiger partial charge on any atom is -0.376 e. The lowest BCUT2D eigenvalue weighted by Gasteiger charge is -2.41. The maximum Gasteiger partial charge on any atom is 0.315 e. The van der Waals surface area contributed by atoms with E-state index in [0.717, 1.165) is 42.8 Å². The quantitative estimate of drug-likeness (QED) is 0.0990. The highest BCUT2D eigenvalue weighted by molar-refractivity contribution is 7.86. The molecule has 2 fully saturated rings. The van der Waals surface area contributed by atoms with Crippen LogP contribution in [0.1, 0.15) is 99.3 Å². The number of rotatable bonds is 19. The molecular weight excluding hydrogens is 675 g/mol. The van der Waals surface area contributed by atoms with Crippen LogP contribution >= 0.6 is 0 Å². The summed E-state index contributed by atoms with van der Waals surface area (Å²) in [7, 11) is 0.653. The number of amides is 4. The summed E-state index contributed by atoms with van der Waals surface area (Å²) in [5.41, 5.74) is -0.511. The Balaban J connectivity index is 2.40. The SMILES string of the molecule is C=CCNC(=O)C(=O)C(CCCC)NC(=O)[C@@H]1[C@@H](C(C)C)CCN1C(O)[C@@H](NC(=O)N[C@H](CN(C)S(=O)(=O)N(C)C)C(C)(C)C)C1CCCCC1. The predicted octanol–water partition coefficient (Wildman–Crippen LogP) is 2.60. The summed E-state index contributed by atoms with van der Waals surface area (Å²) in [4.78, 5) is 55.5. The third kappa shape index (κ3) is 12.5. The monoisotopic (exact) mass is 741 g/mol. The fourth-order valence-corrected chi connectivity index (χ4v) is 8.07. The van der Waals surface area contributed by atoms with E-state index in [1.807, 2.05) is 41.5 Å². The molecule has 14 nitrogen and oxygen atoms in total. The fraction of sp³-hybridized carbons (Fsp3) is 0.833. The first-order valence-corrected chi connectivity index (χ1v) is 20.0. The molecule has 6 atom stereocenters. The van der Waals surface area contributed by atoms with Crippen molar-refractivity contribution in [2.75, 3.05) is 40.8 Å². The second-order valence-electron chi connectivity index (χ2n) is 15.9. The summed E-state index contributed by atoms with van der Waals surface area (Å²) < 4.78 is 27.9. The number of likely N-dealkylation sites (tertiary alicyclic amines) is 1. The minimum atomic E-state index is -3.72. The minimum absolute atomic E-state index is 0.0298. The summed E-state index contributed by atoms with van der Waals surface area (Å²) >= 11 is 0. The number of hydrogen-bond donors (Lipinski definition) is 5. The van der Waals surface area contributed by atoms with Gasteiger partial charge in [0.2, 0.25) is 11.7 Å². The van der Waals surface area contributed by atoms with Crippen LogP contribution in [0.4, 0.5) is 4.79 Å². The largest absolute Gasteiger partial charge is 0.376 e. The van der Waals surface area contributed by atoms with Gasteiger partial charge in [0.15, 0.2) is 0 Å². The molecule has 4 amide bonds. The Morgan fingerprint density at radius 2 is 1.63 bits per heavy atom. The lowest BCUT2D eigenvalue weighted by Crippen LogP contribution is -2.63. The van der Waals surface area contributed by atoms with Gasteiger partial charge in [-0.15, -0.1) is 6.58 Å². The number of nitrogens with zero attached hydrogens (tertiary/aromatic N) is 3. The van der Waals surface area contributed by atoms with Gasteiger partial charge in [-0.05, 0) is 48.9 Å². The average molecular weight is 742 g/mol. The van der Waals surface area contributed by atoms with Gasteiger partial charge in [-0.25, -0.2) is 4.79 Å². The third-order valence-electron chi connectivity index (χ3n) is 10.5. The van der Waals surface area contributed by atoms with Gasteiger partial charge in [-0.2, -0.15) is 17.0 Å². The van der Waals surface area contributed by atoms with Crippen LogP contribution in [-0.2, 0) is 24.6 Å². The van der Waals surface area contributed by atoms with Crippen molar-refractivity contribution in [3.63, 3.8) is 0 Å². The van der Waals surface area contributed by atoms with E-state index in [1.54, 1.807) is 4.90 Å². The Labute approximate surface area is 307 Å². The number of aliphatic hydroxyl groups is 1. The number of carbonyl (C=O) groups excluding carboxylic acids is 4. The van der Waals surface area contributed by atoms with E-state index in [2.05, 4.69) is 27.8 Å². The van der Waals surface area contributed by atoms with Crippen molar-refractivity contribution in [2.24, 2.45) is 23.2 Å². The predicted molar refractivity (Wildman–Crippen MR) is 200 cm³/mol. The molecule has 2 unspecified atom stereocenters. The zero-order valence-electron chi connectivity index (χ0n) is 32.5. The molecule has 15 heteroatoms. The summed E-state index contributed by atoms with van der Waals surface area (Å²) in [5, 5.41) is 23.6. The van der Waals surface area contributed by atoms with Crippen molar-refractivity contribution in [1.29, 1.82) is 0 Å². The number of unbranched alkanes of at least 4 members (excludes halogenated alkanes) is 1. The lowest BCUT2D eigenvalue weighted by molar-refractivity contribution is -0.142. The highest BCUT2D eigenvalue weighted by atomic mass is 32.2. The zero-order chi connectivity index (χ0) is 38.7. The maximum absolute atomic E-state index is 14.2. The molecule has 1 saturated heterocycles. The summed E-state index contributed by atoms with van der Waals surface area (Å²) in [6.45, 7) is 15.9. The van der Waals surface area contributed by atoms with Crippen molar-refractivity contribution < 1.29 is 32.7 Å². The van der Waals surface area contributed by atoms with Crippen molar-refractivity contribution in [2.45, 2.75) is 130 Å². The number of carbonyl (C=O) groups is 4. The lowest BCUT2D eigenvalue weighted by atomic mass is 9.82. The van der Waals surface area contributed by atoms with Gasteiger partial charge in [0, 0.05) is 46.8 Å². The van der Waals surface area contributed by atoms with Crippen molar-refractivity contribution in [3.05, 3.63) is 12.7 Å². The van der Waals surface area contributed by atoms with Crippen LogP contribution in [0.3, 0.4) is 0 Å². The van der Waals surface area contributed by atoms with Crippen molar-refractivity contribution in [1.82, 2.24) is 34.8 Å². The number of nitrogens with one attached hydrogen (secondary N) is 4. The number of aliphatic hydroxyl groups excluding tert-OH is 1. The molecule has 1 aliphatic carbocycles. The number of likely N-dealkylation sites (N-methyl/N-ethyl adjacent to an activating group) is 1. The molecule has 1 aliphatic heterocycles. The molecule has 2 aliphatic rings. The Kier molecular flexibility index (Phi) is 17.5. The highest BCUT2D eigenvalue weighted by Gasteiger charge is 2.47. The molecule has 294 valence electrons. The Bertz CT molecular complexity index is 1280. The maximum atomic E-state index is 14.2. The van der Waals surface area contributed by atoms with E-state index >= 15 is 0 Å². The van der Waals surface area contributed by atoms with Crippen LogP contribution in [0, 0.1) is 23.2 Å². The Morgan fingerprint density at radius 3 is 2.16 bits per heavy atom. The van der Waals surface area contributed by atoms with E-state index < -0.39 is 69.6 Å². The number of ketones is 1. The van der Waals surface area contributed by atoms with Crippen LogP contribution in [0.2, 0.25) is 0 Å². The average Bonchev–Trinajstić information content (AvgIpc) is 3.53. The molecule has 0 bridgehead atoms. The van der Waals surface area contributed by atoms with Crippen molar-refractivity contribution >= 4 is 33.8 Å². The van der Waals surface area contributed by atoms with Crippen LogP contribution < -0.4 is 21.3 Å². The normalized spacial score (nSPS) is 21.6. The first-order chi connectivity index (χ1) is 23.8. The third-order valence-corrected chi connectivity index (χ3v) is 12.3. The number of urea groups is 1. The van der Waals surface area contributed by atoms with E-state index in [1.165, 1.54) is 31.5 Å². The van der Waals surface area contributed by atoms with Crippen LogP contribution in [-0.4, -0.2) is 122 Å². The van der Waals surface area contributed by atoms with Crippen LogP contribution in [0.5, 0.6) is 0 Å². The van der Waals surface area contributed by atoms with Crippen molar-refractivity contribution in [3.8, 4) is 0 Å². The van der Waals surface area contributed by atoms with Crippen LogP contribution in [0.25, 0.3) is 0 Å². The van der Waals surface area contributed by atoms with Gasteiger partial charge in [-0.1, -0.05) is 79.7 Å². The second kappa shape index (κ2) is 20.0. The topological polar surface area (TPSA) is 180 Å². The molecule has 0 aromatic carbocycles. The van der Waals surface area contributed by atoms with Gasteiger partial charge in [-0.3, -0.25) is 19.3 Å². The molecule has 0 aromatic heterocycles. The highest BCUT2D eigenvalue weighted by Crippen LogP contribution is 2.36. The first kappa shape index (κ1) is 44.6. The molecule has 51 heavy (non-hydrogen) atoms. The molecule has 2 rings (SSSR count). The van der Waals surface area contributed by atoms with Gasteiger partial charge in [0.1, 0.15) is 6.23 Å². The molecule has 5 N–H and O–H groups in total. The fourth-order valence-electron chi connectivity index (χ4n) is 7.18. The smallest absolute Gasteiger partial charge is 0.315 e. The molecule has 0 radical (unpaired) electrons. The Morgan fingerprint density at radius 1 is 1.00 bits per heavy atom. The van der Waals surface area contributed by atoms with E-state index in [0.29, 0.717) is 25.8 Å². The van der Waals surface area contributed by atoms with Crippen LogP contribution in [0.15, 0.2) is 12.7 Å². The van der Waals surface area contributed by atoms with Gasteiger partial charge >= 0.3 is 6.03 Å². The first-order valence-electron chi connectivity index (χ1n) is 18.7. The molecule has 1 saturated carbocycles. The number of hydrogen-bond acceptors (Lipinski definition) is 8. The number of Topliss-reactive ketones (excluding diaryl/α,β-unsaturated/α-hetero) is 1. The Hall–Kier alpha value is -2.59.